The molecule has 0 aliphatic carbocycles. The topological polar surface area (TPSA) is 192 Å². The van der Waals surface area contributed by atoms with Gasteiger partial charge in [0.1, 0.15) is 74.3 Å². The van der Waals surface area contributed by atoms with Gasteiger partial charge in [0.15, 0.2) is 0 Å². The minimum absolute atomic E-state index is 0.242. The Kier molecular flexibility index (Phi) is 9.07. The highest BCUT2D eigenvalue weighted by Gasteiger charge is 2.54. The number of aliphatic hydroxyl groups excluding tert-OH is 6. The summed E-state index contributed by atoms with van der Waals surface area (Å²) in [6.07, 6.45) is -16.2. The van der Waals surface area contributed by atoms with Crippen LogP contribution in [-0.4, -0.2) is 117 Å². The summed E-state index contributed by atoms with van der Waals surface area (Å²) in [5.41, 5.74) is 0.483. The molecule has 0 amide bonds. The van der Waals surface area contributed by atoms with Crippen LogP contribution in [0.3, 0.4) is 0 Å². The van der Waals surface area contributed by atoms with Crippen LogP contribution in [0.2, 0.25) is 0 Å². The number of hydrogen-bond acceptors (Lipinski definition) is 12. The maximum Gasteiger partial charge on any atom is 0.338 e. The normalized spacial score (nSPS) is 35.3. The Bertz CT molecular complexity index is 981. The largest absolute Gasteiger partial charge is 0.459 e. The molecule has 2 aromatic carbocycles. The monoisotopic (exact) mass is 534 g/mol. The molecule has 2 aromatic rings. The molecule has 0 aromatic heterocycles. The number of aliphatic hydroxyl groups is 6. The van der Waals surface area contributed by atoms with Crippen molar-refractivity contribution in [3.8, 4) is 0 Å². The zero-order valence-electron chi connectivity index (χ0n) is 20.1. The van der Waals surface area contributed by atoms with E-state index in [1.54, 1.807) is 36.4 Å². The lowest BCUT2D eigenvalue weighted by Crippen LogP contribution is -2.68. The predicted molar refractivity (Wildman–Crippen MR) is 127 cm³/mol. The molecule has 10 atom stereocenters. The third kappa shape index (κ3) is 6.03. The van der Waals surface area contributed by atoms with Crippen LogP contribution in [0.1, 0.15) is 20.7 Å². The number of carbonyl (C=O) groups is 2. The zero-order chi connectivity index (χ0) is 27.4. The van der Waals surface area contributed by atoms with E-state index in [1.165, 1.54) is 24.3 Å². The van der Waals surface area contributed by atoms with Gasteiger partial charge in [-0.05, 0) is 24.3 Å². The molecule has 2 fully saturated rings. The molecule has 4 rings (SSSR count). The van der Waals surface area contributed by atoms with Crippen LogP contribution in [0.4, 0.5) is 0 Å². The molecule has 2 saturated heterocycles. The van der Waals surface area contributed by atoms with Crippen LogP contribution in [0.5, 0.6) is 0 Å². The molecule has 0 saturated carbocycles. The molecule has 6 N–H and O–H groups in total. The third-order valence-corrected chi connectivity index (χ3v) is 6.60. The van der Waals surface area contributed by atoms with Crippen LogP contribution < -0.4 is 0 Å². The van der Waals surface area contributed by atoms with E-state index in [0.29, 0.717) is 0 Å². The summed E-state index contributed by atoms with van der Waals surface area (Å²) in [4.78, 5) is 24.6. The van der Waals surface area contributed by atoms with Gasteiger partial charge < -0.3 is 49.6 Å². The summed E-state index contributed by atoms with van der Waals surface area (Å²) in [7, 11) is 0. The summed E-state index contributed by atoms with van der Waals surface area (Å²) < 4.78 is 21.7. The van der Waals surface area contributed by atoms with Crippen molar-refractivity contribution < 1.29 is 59.2 Å². The van der Waals surface area contributed by atoms with Crippen molar-refractivity contribution >= 4 is 11.9 Å². The van der Waals surface area contributed by atoms with E-state index in [0.717, 1.165) is 0 Å². The van der Waals surface area contributed by atoms with Crippen molar-refractivity contribution in [3.63, 3.8) is 0 Å². The van der Waals surface area contributed by atoms with Gasteiger partial charge in [0, 0.05) is 0 Å². The Hall–Kier alpha value is -2.94. The SMILES string of the molecule is O=C(OCC1OC(C2OC(COC(=O)c3ccccc3)C(O)C(O)C2O)C(O)C(O)C1O)c1ccccc1. The van der Waals surface area contributed by atoms with E-state index < -0.39 is 86.2 Å². The van der Waals surface area contributed by atoms with Gasteiger partial charge in [0.25, 0.3) is 0 Å². The summed E-state index contributed by atoms with van der Waals surface area (Å²) in [5.74, 6) is -1.43. The summed E-state index contributed by atoms with van der Waals surface area (Å²) >= 11 is 0. The van der Waals surface area contributed by atoms with Crippen molar-refractivity contribution in [2.24, 2.45) is 0 Å². The maximum absolute atomic E-state index is 12.3. The molecule has 206 valence electrons. The van der Waals surface area contributed by atoms with Gasteiger partial charge in [0.05, 0.1) is 11.1 Å². The van der Waals surface area contributed by atoms with Crippen LogP contribution in [0.25, 0.3) is 0 Å². The lowest BCUT2D eigenvalue weighted by molar-refractivity contribution is -0.302. The Labute approximate surface area is 217 Å². The summed E-state index contributed by atoms with van der Waals surface area (Å²) in [5, 5.41) is 62.8. The highest BCUT2D eigenvalue weighted by Crippen LogP contribution is 2.32. The van der Waals surface area contributed by atoms with Crippen LogP contribution in [0.15, 0.2) is 60.7 Å². The minimum atomic E-state index is -1.79. The van der Waals surface area contributed by atoms with Gasteiger partial charge in [-0.3, -0.25) is 0 Å². The fraction of sp³-hybridized carbons (Fsp3) is 0.462. The van der Waals surface area contributed by atoms with Gasteiger partial charge in [-0.1, -0.05) is 36.4 Å². The first-order valence-electron chi connectivity index (χ1n) is 12.0. The second kappa shape index (κ2) is 12.3. The molecule has 0 bridgehead atoms. The van der Waals surface area contributed by atoms with Crippen LogP contribution >= 0.6 is 0 Å². The molecule has 2 heterocycles. The highest BCUT2D eigenvalue weighted by atomic mass is 16.6. The first kappa shape index (κ1) is 28.1. The molecule has 2 aliphatic rings. The van der Waals surface area contributed by atoms with Crippen molar-refractivity contribution in [2.45, 2.75) is 61.0 Å². The summed E-state index contributed by atoms with van der Waals surface area (Å²) in [6.45, 7) is -1.03. The molecule has 2 aliphatic heterocycles. The molecule has 12 nitrogen and oxygen atoms in total. The Morgan fingerprint density at radius 2 is 0.895 bits per heavy atom. The van der Waals surface area contributed by atoms with Crippen molar-refractivity contribution in [1.82, 2.24) is 0 Å². The van der Waals surface area contributed by atoms with Gasteiger partial charge in [-0.15, -0.1) is 0 Å². The first-order valence-corrected chi connectivity index (χ1v) is 12.0. The average Bonchev–Trinajstić information content (AvgIpc) is 2.95. The lowest BCUT2D eigenvalue weighted by Gasteiger charge is -2.48. The number of carbonyl (C=O) groups excluding carboxylic acids is 2. The molecule has 12 heteroatoms. The average molecular weight is 535 g/mol. The Balaban J connectivity index is 1.44. The number of rotatable bonds is 7. The fourth-order valence-electron chi connectivity index (χ4n) is 4.41. The molecule has 38 heavy (non-hydrogen) atoms. The second-order valence-electron chi connectivity index (χ2n) is 9.15. The lowest BCUT2D eigenvalue weighted by atomic mass is 9.86. The number of esters is 2. The van der Waals surface area contributed by atoms with Gasteiger partial charge in [-0.25, -0.2) is 9.59 Å². The van der Waals surface area contributed by atoms with E-state index >= 15 is 0 Å². The van der Waals surface area contributed by atoms with E-state index in [2.05, 4.69) is 0 Å². The smallest absolute Gasteiger partial charge is 0.338 e. The Morgan fingerprint density at radius 1 is 0.553 bits per heavy atom. The van der Waals surface area contributed by atoms with E-state index in [9.17, 15) is 40.2 Å². The summed E-state index contributed by atoms with van der Waals surface area (Å²) in [6, 6.07) is 16.0. The maximum atomic E-state index is 12.3. The molecule has 0 spiro atoms. The highest BCUT2D eigenvalue weighted by molar-refractivity contribution is 5.89. The molecular formula is C26H30O12. The molecule has 10 unspecified atom stereocenters. The van der Waals surface area contributed by atoms with Crippen LogP contribution in [-0.2, 0) is 18.9 Å². The van der Waals surface area contributed by atoms with Crippen molar-refractivity contribution in [2.75, 3.05) is 13.2 Å². The number of hydrogen-bond donors (Lipinski definition) is 6. The van der Waals surface area contributed by atoms with Gasteiger partial charge in [0.2, 0.25) is 0 Å². The zero-order valence-corrected chi connectivity index (χ0v) is 20.1. The standard InChI is InChI=1S/C26H30O12/c27-17-15(11-35-25(33)13-7-3-1-4-8-13)37-23(21(31)19(17)29)24-22(32)20(30)18(28)16(38-24)12-36-26(34)14-9-5-2-6-10-14/h1-10,15-24,27-32H,11-12H2. The van der Waals surface area contributed by atoms with Crippen molar-refractivity contribution in [3.05, 3.63) is 71.8 Å². The molecular weight excluding hydrogens is 504 g/mol. The second-order valence-corrected chi connectivity index (χ2v) is 9.15. The van der Waals surface area contributed by atoms with E-state index in [1.807, 2.05) is 0 Å². The molecule has 0 radical (unpaired) electrons. The fourth-order valence-corrected chi connectivity index (χ4v) is 4.41. The third-order valence-electron chi connectivity index (χ3n) is 6.60. The van der Waals surface area contributed by atoms with Crippen molar-refractivity contribution in [1.29, 1.82) is 0 Å². The predicted octanol–water partition coefficient (Wildman–Crippen LogP) is -1.60. The number of ether oxygens (including phenoxy) is 4. The van der Waals surface area contributed by atoms with Crippen LogP contribution in [0, 0.1) is 0 Å². The quantitative estimate of drug-likeness (QED) is 0.223. The van der Waals surface area contributed by atoms with Gasteiger partial charge in [-0.2, -0.15) is 0 Å². The minimum Gasteiger partial charge on any atom is -0.459 e. The Morgan fingerprint density at radius 3 is 1.24 bits per heavy atom. The van der Waals surface area contributed by atoms with E-state index in [-0.39, 0.29) is 11.1 Å². The number of benzene rings is 2. The van der Waals surface area contributed by atoms with Gasteiger partial charge >= 0.3 is 11.9 Å². The van der Waals surface area contributed by atoms with E-state index in [4.69, 9.17) is 18.9 Å². The first-order chi connectivity index (χ1) is 18.2.